The van der Waals surface area contributed by atoms with Crippen molar-refractivity contribution in [2.75, 3.05) is 32.0 Å². The minimum absolute atomic E-state index is 0.203. The standard InChI is InChI=1S/C14H24N2O2/c1-12(2)16(8-9-17)7-4-10-18-14-6-3-5-13(15)11-14/h3,5-6,11-12,17H,4,7-10,15H2,1-2H3. The number of benzene rings is 1. The average Bonchev–Trinajstić information content (AvgIpc) is 2.33. The van der Waals surface area contributed by atoms with E-state index in [9.17, 15) is 0 Å². The minimum Gasteiger partial charge on any atom is -0.493 e. The second-order valence-corrected chi connectivity index (χ2v) is 4.63. The van der Waals surface area contributed by atoms with Crippen molar-refractivity contribution in [1.82, 2.24) is 4.90 Å². The topological polar surface area (TPSA) is 58.7 Å². The lowest BCUT2D eigenvalue weighted by molar-refractivity contribution is 0.155. The van der Waals surface area contributed by atoms with Gasteiger partial charge in [0.15, 0.2) is 0 Å². The molecule has 0 amide bonds. The number of ether oxygens (including phenoxy) is 1. The Morgan fingerprint density at radius 1 is 1.33 bits per heavy atom. The number of aliphatic hydroxyl groups is 1. The highest BCUT2D eigenvalue weighted by atomic mass is 16.5. The van der Waals surface area contributed by atoms with Gasteiger partial charge in [-0.25, -0.2) is 0 Å². The number of nitrogens with two attached hydrogens (primary N) is 1. The third kappa shape index (κ3) is 5.38. The molecule has 0 aliphatic rings. The van der Waals surface area contributed by atoms with Crippen molar-refractivity contribution in [2.45, 2.75) is 26.3 Å². The van der Waals surface area contributed by atoms with Crippen LogP contribution < -0.4 is 10.5 Å². The summed E-state index contributed by atoms with van der Waals surface area (Å²) in [4.78, 5) is 2.24. The predicted molar refractivity (Wildman–Crippen MR) is 74.8 cm³/mol. The molecule has 0 unspecified atom stereocenters. The van der Waals surface area contributed by atoms with Crippen LogP contribution in [0.25, 0.3) is 0 Å². The molecule has 4 nitrogen and oxygen atoms in total. The molecule has 3 N–H and O–H groups in total. The first-order chi connectivity index (χ1) is 8.63. The fourth-order valence-electron chi connectivity index (χ4n) is 1.82. The minimum atomic E-state index is 0.203. The van der Waals surface area contributed by atoms with Crippen LogP contribution in [0.3, 0.4) is 0 Å². The number of anilines is 1. The number of nitrogens with zero attached hydrogens (tertiary/aromatic N) is 1. The van der Waals surface area contributed by atoms with E-state index < -0.39 is 0 Å². The van der Waals surface area contributed by atoms with E-state index in [-0.39, 0.29) is 6.61 Å². The van der Waals surface area contributed by atoms with Crippen molar-refractivity contribution >= 4 is 5.69 Å². The molecule has 0 bridgehead atoms. The first-order valence-corrected chi connectivity index (χ1v) is 6.46. The Hall–Kier alpha value is -1.26. The van der Waals surface area contributed by atoms with E-state index in [1.54, 1.807) is 0 Å². The lowest BCUT2D eigenvalue weighted by atomic mass is 10.3. The van der Waals surface area contributed by atoms with Crippen LogP contribution in [0.4, 0.5) is 5.69 Å². The zero-order valence-corrected chi connectivity index (χ0v) is 11.3. The highest BCUT2D eigenvalue weighted by Crippen LogP contribution is 2.14. The summed E-state index contributed by atoms with van der Waals surface area (Å²) in [6.45, 7) is 6.78. The van der Waals surface area contributed by atoms with Gasteiger partial charge in [0, 0.05) is 30.9 Å². The van der Waals surface area contributed by atoms with Crippen LogP contribution in [-0.4, -0.2) is 42.4 Å². The van der Waals surface area contributed by atoms with Gasteiger partial charge in [-0.3, -0.25) is 4.90 Å². The van der Waals surface area contributed by atoms with Gasteiger partial charge in [-0.1, -0.05) is 6.07 Å². The number of aliphatic hydroxyl groups excluding tert-OH is 1. The molecular weight excluding hydrogens is 228 g/mol. The molecule has 1 aromatic rings. The van der Waals surface area contributed by atoms with Gasteiger partial charge in [-0.15, -0.1) is 0 Å². The van der Waals surface area contributed by atoms with Crippen LogP contribution in [0, 0.1) is 0 Å². The molecule has 0 aliphatic heterocycles. The van der Waals surface area contributed by atoms with Crippen LogP contribution in [0.1, 0.15) is 20.3 Å². The Labute approximate surface area is 109 Å². The van der Waals surface area contributed by atoms with Gasteiger partial charge in [0.25, 0.3) is 0 Å². The Morgan fingerprint density at radius 3 is 2.72 bits per heavy atom. The lowest BCUT2D eigenvalue weighted by Crippen LogP contribution is -2.34. The molecule has 0 atom stereocenters. The van der Waals surface area contributed by atoms with Crippen LogP contribution in [0.5, 0.6) is 5.75 Å². The van der Waals surface area contributed by atoms with Crippen LogP contribution in [0.15, 0.2) is 24.3 Å². The SMILES string of the molecule is CC(C)N(CCO)CCCOc1cccc(N)c1. The van der Waals surface area contributed by atoms with Gasteiger partial charge in [0.2, 0.25) is 0 Å². The number of hydrogen-bond donors (Lipinski definition) is 2. The largest absolute Gasteiger partial charge is 0.493 e. The maximum atomic E-state index is 8.96. The van der Waals surface area contributed by atoms with Crippen molar-refractivity contribution < 1.29 is 9.84 Å². The van der Waals surface area contributed by atoms with Gasteiger partial charge in [0.1, 0.15) is 5.75 Å². The summed E-state index contributed by atoms with van der Waals surface area (Å²) in [5.41, 5.74) is 6.39. The molecule has 0 spiro atoms. The van der Waals surface area contributed by atoms with Crippen molar-refractivity contribution in [1.29, 1.82) is 0 Å². The third-order valence-electron chi connectivity index (χ3n) is 2.83. The fraction of sp³-hybridized carbons (Fsp3) is 0.571. The molecule has 0 radical (unpaired) electrons. The molecule has 0 fully saturated rings. The van der Waals surface area contributed by atoms with Crippen molar-refractivity contribution in [3.63, 3.8) is 0 Å². The molecule has 4 heteroatoms. The first-order valence-electron chi connectivity index (χ1n) is 6.46. The van der Waals surface area contributed by atoms with E-state index in [4.69, 9.17) is 15.6 Å². The summed E-state index contributed by atoms with van der Waals surface area (Å²) in [6, 6.07) is 7.91. The highest BCUT2D eigenvalue weighted by molar-refractivity contribution is 5.43. The fourth-order valence-corrected chi connectivity index (χ4v) is 1.82. The van der Waals surface area contributed by atoms with Crippen LogP contribution >= 0.6 is 0 Å². The molecule has 18 heavy (non-hydrogen) atoms. The third-order valence-corrected chi connectivity index (χ3v) is 2.83. The smallest absolute Gasteiger partial charge is 0.121 e. The normalized spacial score (nSPS) is 11.2. The van der Waals surface area contributed by atoms with E-state index in [1.165, 1.54) is 0 Å². The first kappa shape index (κ1) is 14.8. The predicted octanol–water partition coefficient (Wildman–Crippen LogP) is 1.74. The highest BCUT2D eigenvalue weighted by Gasteiger charge is 2.07. The van der Waals surface area contributed by atoms with Crippen molar-refractivity contribution in [3.05, 3.63) is 24.3 Å². The quantitative estimate of drug-likeness (QED) is 0.546. The molecule has 0 aliphatic carbocycles. The molecule has 1 aromatic carbocycles. The number of hydrogen-bond acceptors (Lipinski definition) is 4. The molecule has 102 valence electrons. The Bertz CT molecular complexity index is 342. The summed E-state index contributed by atoms with van der Waals surface area (Å²) in [5, 5.41) is 8.96. The van der Waals surface area contributed by atoms with E-state index in [0.29, 0.717) is 12.6 Å². The van der Waals surface area contributed by atoms with E-state index in [0.717, 1.165) is 30.9 Å². The molecule has 0 saturated heterocycles. The number of nitrogen functional groups attached to an aromatic ring is 1. The monoisotopic (exact) mass is 252 g/mol. The summed E-state index contributed by atoms with van der Waals surface area (Å²) in [7, 11) is 0. The van der Waals surface area contributed by atoms with Gasteiger partial charge >= 0.3 is 0 Å². The molecule has 0 saturated carbocycles. The average molecular weight is 252 g/mol. The van der Waals surface area contributed by atoms with Gasteiger partial charge in [-0.2, -0.15) is 0 Å². The van der Waals surface area contributed by atoms with E-state index in [2.05, 4.69) is 18.7 Å². The summed E-state index contributed by atoms with van der Waals surface area (Å²) < 4.78 is 5.63. The zero-order chi connectivity index (χ0) is 13.4. The molecule has 0 aromatic heterocycles. The second-order valence-electron chi connectivity index (χ2n) is 4.63. The molecule has 0 heterocycles. The van der Waals surface area contributed by atoms with E-state index >= 15 is 0 Å². The Balaban J connectivity index is 2.25. The van der Waals surface area contributed by atoms with Gasteiger partial charge < -0.3 is 15.6 Å². The lowest BCUT2D eigenvalue weighted by Gasteiger charge is -2.25. The van der Waals surface area contributed by atoms with Gasteiger partial charge in [0.05, 0.1) is 13.2 Å². The molecule has 1 rings (SSSR count). The Morgan fingerprint density at radius 2 is 2.11 bits per heavy atom. The molecular formula is C14H24N2O2. The van der Waals surface area contributed by atoms with E-state index in [1.807, 2.05) is 24.3 Å². The number of rotatable bonds is 8. The summed E-state index contributed by atoms with van der Waals surface area (Å²) >= 11 is 0. The summed E-state index contributed by atoms with van der Waals surface area (Å²) in [5.74, 6) is 0.813. The second kappa shape index (κ2) is 7.95. The van der Waals surface area contributed by atoms with Crippen LogP contribution in [0.2, 0.25) is 0 Å². The van der Waals surface area contributed by atoms with Crippen molar-refractivity contribution in [2.24, 2.45) is 0 Å². The Kier molecular flexibility index (Phi) is 6.54. The van der Waals surface area contributed by atoms with Crippen molar-refractivity contribution in [3.8, 4) is 5.75 Å². The van der Waals surface area contributed by atoms with Crippen LogP contribution in [-0.2, 0) is 0 Å². The van der Waals surface area contributed by atoms with Gasteiger partial charge in [-0.05, 0) is 32.4 Å². The summed E-state index contributed by atoms with van der Waals surface area (Å²) in [6.07, 6.45) is 0.937. The maximum absolute atomic E-state index is 8.96. The zero-order valence-electron chi connectivity index (χ0n) is 11.3. The maximum Gasteiger partial charge on any atom is 0.121 e.